The van der Waals surface area contributed by atoms with Crippen molar-refractivity contribution >= 4 is 11.3 Å². The molecule has 0 aliphatic rings. The van der Waals surface area contributed by atoms with Crippen molar-refractivity contribution in [2.75, 3.05) is 0 Å². The van der Waals surface area contributed by atoms with Gasteiger partial charge in [0.25, 0.3) is 0 Å². The summed E-state index contributed by atoms with van der Waals surface area (Å²) in [5, 5.41) is 20.1. The molecule has 0 saturated heterocycles. The first-order valence-electron chi connectivity index (χ1n) is 9.64. The quantitative estimate of drug-likeness (QED) is 0.536. The number of phenolic OH excluding ortho intramolecular Hbond substituents is 1. The summed E-state index contributed by atoms with van der Waals surface area (Å²) in [5.74, 6) is 0.537. The first-order chi connectivity index (χ1) is 13.4. The summed E-state index contributed by atoms with van der Waals surface area (Å²) in [6, 6.07) is 12.7. The van der Waals surface area contributed by atoms with Crippen LogP contribution in [0.4, 0.5) is 0 Å². The average Bonchev–Trinajstić information content (AvgIpc) is 3.10. The van der Waals surface area contributed by atoms with Gasteiger partial charge in [0.1, 0.15) is 17.3 Å². The van der Waals surface area contributed by atoms with Gasteiger partial charge in [-0.25, -0.2) is 4.79 Å². The molecule has 2 aromatic heterocycles. The Hall–Kier alpha value is -2.53. The number of benzene rings is 1. The van der Waals surface area contributed by atoms with E-state index in [2.05, 4.69) is 0 Å². The van der Waals surface area contributed by atoms with E-state index >= 15 is 0 Å². The van der Waals surface area contributed by atoms with Crippen LogP contribution in [0, 0.1) is 6.92 Å². The Bertz CT molecular complexity index is 985. The van der Waals surface area contributed by atoms with E-state index in [0.717, 1.165) is 16.9 Å². The molecule has 3 rings (SSSR count). The molecule has 148 valence electrons. The minimum atomic E-state index is -0.461. The van der Waals surface area contributed by atoms with Gasteiger partial charge in [-0.1, -0.05) is 26.0 Å². The number of hydrogen-bond acceptors (Lipinski definition) is 5. The number of aryl methyl sites for hydroxylation is 1. The van der Waals surface area contributed by atoms with Gasteiger partial charge in [-0.15, -0.1) is 11.3 Å². The number of rotatable bonds is 7. The van der Waals surface area contributed by atoms with Gasteiger partial charge in [0.05, 0.1) is 5.56 Å². The van der Waals surface area contributed by atoms with E-state index in [9.17, 15) is 15.0 Å². The number of phenols is 1. The van der Waals surface area contributed by atoms with Crippen molar-refractivity contribution in [1.82, 2.24) is 0 Å². The Morgan fingerprint density at radius 3 is 2.29 bits per heavy atom. The van der Waals surface area contributed by atoms with Gasteiger partial charge >= 0.3 is 5.63 Å². The largest absolute Gasteiger partial charge is 0.508 e. The predicted octanol–water partition coefficient (Wildman–Crippen LogP) is 5.70. The van der Waals surface area contributed by atoms with Gasteiger partial charge in [0.2, 0.25) is 0 Å². The smallest absolute Gasteiger partial charge is 0.343 e. The SMILES string of the molecule is CCC(Cc1ccc(O)cc1)c1cc(O)c(C(CC)c2ccc(C)s2)c(=O)o1. The Kier molecular flexibility index (Phi) is 6.25. The minimum absolute atomic E-state index is 0.00769. The summed E-state index contributed by atoms with van der Waals surface area (Å²) >= 11 is 1.64. The van der Waals surface area contributed by atoms with Crippen molar-refractivity contribution in [3.05, 3.63) is 79.5 Å². The molecule has 0 saturated carbocycles. The van der Waals surface area contributed by atoms with Crippen molar-refractivity contribution in [3.63, 3.8) is 0 Å². The second-order valence-corrected chi connectivity index (χ2v) is 8.44. The van der Waals surface area contributed by atoms with Crippen LogP contribution in [0.5, 0.6) is 11.5 Å². The van der Waals surface area contributed by atoms with E-state index < -0.39 is 5.63 Å². The zero-order valence-electron chi connectivity index (χ0n) is 16.4. The van der Waals surface area contributed by atoms with Crippen LogP contribution in [-0.2, 0) is 6.42 Å². The first kappa shape index (κ1) is 20.2. The van der Waals surface area contributed by atoms with E-state index in [0.29, 0.717) is 24.2 Å². The fourth-order valence-corrected chi connectivity index (χ4v) is 4.65. The van der Waals surface area contributed by atoms with Gasteiger partial charge in [-0.05, 0) is 56.0 Å². The molecule has 2 atom stereocenters. The molecule has 0 aliphatic carbocycles. The highest BCUT2D eigenvalue weighted by Crippen LogP contribution is 2.37. The van der Waals surface area contributed by atoms with Crippen LogP contribution in [0.3, 0.4) is 0 Å². The monoisotopic (exact) mass is 398 g/mol. The summed E-state index contributed by atoms with van der Waals surface area (Å²) < 4.78 is 5.69. The van der Waals surface area contributed by atoms with Crippen LogP contribution in [0.2, 0.25) is 0 Å². The van der Waals surface area contributed by atoms with Crippen LogP contribution in [-0.4, -0.2) is 10.2 Å². The topological polar surface area (TPSA) is 70.7 Å². The third kappa shape index (κ3) is 4.30. The molecular formula is C23H26O4S. The molecule has 0 radical (unpaired) electrons. The highest BCUT2D eigenvalue weighted by molar-refractivity contribution is 7.12. The van der Waals surface area contributed by atoms with Gasteiger partial charge in [0, 0.05) is 27.7 Å². The maximum absolute atomic E-state index is 12.8. The maximum Gasteiger partial charge on any atom is 0.343 e. The maximum atomic E-state index is 12.8. The Morgan fingerprint density at radius 2 is 1.75 bits per heavy atom. The number of aromatic hydroxyl groups is 2. The van der Waals surface area contributed by atoms with E-state index in [-0.39, 0.29) is 23.3 Å². The molecule has 0 aliphatic heterocycles. The van der Waals surface area contributed by atoms with Crippen molar-refractivity contribution in [3.8, 4) is 11.5 Å². The molecule has 2 heterocycles. The molecule has 0 amide bonds. The summed E-state index contributed by atoms with van der Waals surface area (Å²) in [6.07, 6.45) is 2.14. The van der Waals surface area contributed by atoms with Crippen molar-refractivity contribution in [1.29, 1.82) is 0 Å². The lowest BCUT2D eigenvalue weighted by Crippen LogP contribution is -2.15. The van der Waals surface area contributed by atoms with Crippen molar-refractivity contribution < 1.29 is 14.6 Å². The fourth-order valence-electron chi connectivity index (χ4n) is 3.58. The van der Waals surface area contributed by atoms with Gasteiger partial charge in [-0.3, -0.25) is 0 Å². The van der Waals surface area contributed by atoms with E-state index in [4.69, 9.17) is 4.42 Å². The zero-order valence-corrected chi connectivity index (χ0v) is 17.3. The molecule has 28 heavy (non-hydrogen) atoms. The van der Waals surface area contributed by atoms with Gasteiger partial charge < -0.3 is 14.6 Å². The predicted molar refractivity (Wildman–Crippen MR) is 113 cm³/mol. The molecule has 2 N–H and O–H groups in total. The highest BCUT2D eigenvalue weighted by Gasteiger charge is 2.25. The van der Waals surface area contributed by atoms with Crippen LogP contribution < -0.4 is 5.63 Å². The summed E-state index contributed by atoms with van der Waals surface area (Å²) in [5.41, 5.74) is 0.918. The summed E-state index contributed by atoms with van der Waals surface area (Å²) in [7, 11) is 0. The fraction of sp³-hybridized carbons (Fsp3) is 0.348. The molecule has 4 nitrogen and oxygen atoms in total. The van der Waals surface area contributed by atoms with Crippen molar-refractivity contribution in [2.24, 2.45) is 0 Å². The second kappa shape index (κ2) is 8.65. The molecular weight excluding hydrogens is 372 g/mol. The van der Waals surface area contributed by atoms with Crippen LogP contribution in [0.25, 0.3) is 0 Å². The molecule has 2 unspecified atom stereocenters. The van der Waals surface area contributed by atoms with Crippen LogP contribution in [0.1, 0.15) is 65.2 Å². The molecule has 0 bridgehead atoms. The van der Waals surface area contributed by atoms with Gasteiger partial charge in [-0.2, -0.15) is 0 Å². The lowest BCUT2D eigenvalue weighted by Gasteiger charge is -2.18. The summed E-state index contributed by atoms with van der Waals surface area (Å²) in [4.78, 5) is 15.0. The molecule has 0 spiro atoms. The Labute approximate surface area is 169 Å². The third-order valence-corrected chi connectivity index (χ3v) is 6.27. The minimum Gasteiger partial charge on any atom is -0.508 e. The lowest BCUT2D eigenvalue weighted by atomic mass is 9.91. The Balaban J connectivity index is 1.93. The van der Waals surface area contributed by atoms with Crippen LogP contribution in [0.15, 0.2) is 51.7 Å². The van der Waals surface area contributed by atoms with Gasteiger partial charge in [0.15, 0.2) is 0 Å². The lowest BCUT2D eigenvalue weighted by molar-refractivity contribution is 0.381. The molecule has 0 fully saturated rings. The highest BCUT2D eigenvalue weighted by atomic mass is 32.1. The zero-order chi connectivity index (χ0) is 20.3. The van der Waals surface area contributed by atoms with E-state index in [1.807, 2.05) is 45.0 Å². The Morgan fingerprint density at radius 1 is 1.04 bits per heavy atom. The molecule has 1 aromatic carbocycles. The van der Waals surface area contributed by atoms with E-state index in [1.165, 1.54) is 4.88 Å². The summed E-state index contributed by atoms with van der Waals surface area (Å²) in [6.45, 7) is 6.06. The molecule has 3 aromatic rings. The standard InChI is InChI=1S/C23H26O4S/c1-4-16(12-15-7-9-17(24)10-8-15)20-13-19(25)22(23(26)27-20)18(5-2)21-11-6-14(3)28-21/h6-11,13,16,18,24-25H,4-5,12H2,1-3H3. The molecule has 5 heteroatoms. The van der Waals surface area contributed by atoms with E-state index in [1.54, 1.807) is 29.5 Å². The number of hydrogen-bond donors (Lipinski definition) is 2. The number of thiophene rings is 1. The van der Waals surface area contributed by atoms with Crippen LogP contribution >= 0.6 is 11.3 Å². The van der Waals surface area contributed by atoms with Crippen molar-refractivity contribution in [2.45, 2.75) is 51.9 Å². The first-order valence-corrected chi connectivity index (χ1v) is 10.5. The third-order valence-electron chi connectivity index (χ3n) is 5.16. The second-order valence-electron chi connectivity index (χ2n) is 7.12. The average molecular weight is 399 g/mol. The normalized spacial score (nSPS) is 13.4.